The monoisotopic (exact) mass is 391 g/mol. The number of carboxylic acid groups (broad SMARTS) is 1. The van der Waals surface area contributed by atoms with Crippen molar-refractivity contribution >= 4 is 12.0 Å². The van der Waals surface area contributed by atoms with E-state index in [-0.39, 0.29) is 24.9 Å². The summed E-state index contributed by atoms with van der Waals surface area (Å²) in [6, 6.07) is 4.71. The third-order valence-electron chi connectivity index (χ3n) is 4.73. The third-order valence-corrected chi connectivity index (χ3v) is 4.73. The first-order valence-electron chi connectivity index (χ1n) is 8.97. The number of urea groups is 1. The number of oxazole rings is 1. The fourth-order valence-electron chi connectivity index (χ4n) is 3.03. The van der Waals surface area contributed by atoms with Crippen LogP contribution in [0.25, 0.3) is 11.3 Å². The number of carbonyl (C=O) groups is 2. The van der Waals surface area contributed by atoms with Crippen LogP contribution in [0.4, 0.5) is 9.18 Å². The van der Waals surface area contributed by atoms with Gasteiger partial charge in [-0.05, 0) is 44.0 Å². The normalized spacial score (nSPS) is 20.4. The smallest absolute Gasteiger partial charge is 0.315 e. The fourth-order valence-corrected chi connectivity index (χ4v) is 3.03. The lowest BCUT2D eigenvalue weighted by atomic mass is 9.82. The van der Waals surface area contributed by atoms with Crippen molar-refractivity contribution in [1.29, 1.82) is 0 Å². The molecule has 28 heavy (non-hydrogen) atoms. The van der Waals surface area contributed by atoms with Crippen molar-refractivity contribution in [2.75, 3.05) is 19.8 Å². The number of rotatable bonds is 6. The number of aromatic nitrogens is 1. The van der Waals surface area contributed by atoms with E-state index in [1.54, 1.807) is 19.1 Å². The van der Waals surface area contributed by atoms with E-state index in [1.807, 2.05) is 0 Å². The Kier molecular flexibility index (Phi) is 5.93. The molecule has 1 saturated heterocycles. The molecule has 8 nitrogen and oxygen atoms in total. The molecule has 2 amide bonds. The predicted molar refractivity (Wildman–Crippen MR) is 97.0 cm³/mol. The highest BCUT2D eigenvalue weighted by molar-refractivity contribution is 5.78. The Balaban J connectivity index is 1.57. The number of nitrogens with zero attached hydrogens (tertiary/aromatic N) is 1. The number of carbonyl (C=O) groups excluding carboxylic acids is 1. The van der Waals surface area contributed by atoms with Crippen molar-refractivity contribution in [3.8, 4) is 11.3 Å². The number of halogens is 1. The Morgan fingerprint density at radius 2 is 2.11 bits per heavy atom. The van der Waals surface area contributed by atoms with E-state index in [1.165, 1.54) is 18.3 Å². The van der Waals surface area contributed by atoms with E-state index in [0.29, 0.717) is 30.8 Å². The molecule has 1 aliphatic heterocycles. The molecule has 1 fully saturated rings. The van der Waals surface area contributed by atoms with Gasteiger partial charge in [-0.2, -0.15) is 0 Å². The van der Waals surface area contributed by atoms with Crippen LogP contribution in [0.2, 0.25) is 0 Å². The number of aliphatic carboxylic acids is 1. The second-order valence-electron chi connectivity index (χ2n) is 6.86. The average molecular weight is 391 g/mol. The maximum atomic E-state index is 13.0. The Hall–Kier alpha value is -2.94. The minimum absolute atomic E-state index is 0.0344. The molecule has 1 aliphatic rings. The van der Waals surface area contributed by atoms with Gasteiger partial charge < -0.3 is 24.9 Å². The molecular weight excluding hydrogens is 369 g/mol. The number of nitrogens with one attached hydrogen (secondary N) is 2. The second-order valence-corrected chi connectivity index (χ2v) is 6.86. The number of ether oxygens (including phenoxy) is 1. The zero-order valence-corrected chi connectivity index (χ0v) is 15.4. The lowest BCUT2D eigenvalue weighted by Gasteiger charge is -2.33. The van der Waals surface area contributed by atoms with Gasteiger partial charge in [0.2, 0.25) is 5.89 Å². The molecule has 3 N–H and O–H groups in total. The molecule has 150 valence electrons. The van der Waals surface area contributed by atoms with Crippen LogP contribution in [-0.2, 0) is 9.53 Å². The van der Waals surface area contributed by atoms with Crippen molar-refractivity contribution in [2.45, 2.75) is 25.8 Å². The topological polar surface area (TPSA) is 114 Å². The van der Waals surface area contributed by atoms with Gasteiger partial charge in [-0.25, -0.2) is 14.2 Å². The third kappa shape index (κ3) is 4.48. The van der Waals surface area contributed by atoms with Crippen molar-refractivity contribution in [3.05, 3.63) is 42.2 Å². The maximum absolute atomic E-state index is 13.0. The minimum Gasteiger partial charge on any atom is -0.481 e. The quantitative estimate of drug-likeness (QED) is 0.698. The summed E-state index contributed by atoms with van der Waals surface area (Å²) in [4.78, 5) is 27.9. The first kappa shape index (κ1) is 19.8. The van der Waals surface area contributed by atoms with Gasteiger partial charge >= 0.3 is 12.0 Å². The summed E-state index contributed by atoms with van der Waals surface area (Å²) in [5, 5.41) is 14.8. The molecule has 0 saturated carbocycles. The molecule has 0 radical (unpaired) electrons. The predicted octanol–water partition coefficient (Wildman–Crippen LogP) is 2.72. The molecule has 0 bridgehead atoms. The highest BCUT2D eigenvalue weighted by Gasteiger charge is 2.41. The Labute approximate surface area is 161 Å². The number of hydrogen-bond donors (Lipinski definition) is 3. The molecule has 2 unspecified atom stereocenters. The zero-order valence-electron chi connectivity index (χ0n) is 15.4. The molecule has 1 aromatic carbocycles. The van der Waals surface area contributed by atoms with Crippen LogP contribution >= 0.6 is 0 Å². The van der Waals surface area contributed by atoms with Crippen LogP contribution < -0.4 is 10.6 Å². The van der Waals surface area contributed by atoms with Gasteiger partial charge in [0, 0.05) is 18.7 Å². The summed E-state index contributed by atoms with van der Waals surface area (Å²) in [5.74, 6) is -0.605. The molecule has 2 aromatic rings. The standard InChI is InChI=1S/C19H22FN3O5/c1-12(16-21-9-15(28-16)13-3-5-14(20)6-4-13)23-18(26)22-10-19(17(24)25)7-2-8-27-11-19/h3-6,9,12H,2,7-8,10-11H2,1H3,(H,24,25)(H2,22,23,26). The summed E-state index contributed by atoms with van der Waals surface area (Å²) in [6.07, 6.45) is 2.57. The van der Waals surface area contributed by atoms with Crippen LogP contribution in [0.15, 0.2) is 34.9 Å². The van der Waals surface area contributed by atoms with Crippen LogP contribution in [-0.4, -0.2) is 41.8 Å². The molecule has 0 spiro atoms. The van der Waals surface area contributed by atoms with Gasteiger partial charge in [-0.1, -0.05) is 0 Å². The van der Waals surface area contributed by atoms with Crippen LogP contribution in [0.1, 0.15) is 31.7 Å². The van der Waals surface area contributed by atoms with Crippen LogP contribution in [0.5, 0.6) is 0 Å². The fraction of sp³-hybridized carbons (Fsp3) is 0.421. The van der Waals surface area contributed by atoms with E-state index < -0.39 is 23.5 Å². The number of amides is 2. The Bertz CT molecular complexity index is 830. The summed E-state index contributed by atoms with van der Waals surface area (Å²) in [7, 11) is 0. The van der Waals surface area contributed by atoms with E-state index in [9.17, 15) is 19.1 Å². The molecule has 3 rings (SSSR count). The Morgan fingerprint density at radius 3 is 2.75 bits per heavy atom. The van der Waals surface area contributed by atoms with Crippen LogP contribution in [0, 0.1) is 11.2 Å². The highest BCUT2D eigenvalue weighted by atomic mass is 19.1. The molecule has 2 atom stereocenters. The van der Waals surface area contributed by atoms with Crippen molar-refractivity contribution < 1.29 is 28.2 Å². The minimum atomic E-state index is -1.11. The van der Waals surface area contributed by atoms with Gasteiger partial charge in [-0.3, -0.25) is 4.79 Å². The highest BCUT2D eigenvalue weighted by Crippen LogP contribution is 2.28. The lowest BCUT2D eigenvalue weighted by molar-refractivity contribution is -0.156. The van der Waals surface area contributed by atoms with Gasteiger partial charge in [0.15, 0.2) is 5.76 Å². The maximum Gasteiger partial charge on any atom is 0.315 e. The van der Waals surface area contributed by atoms with E-state index in [2.05, 4.69) is 15.6 Å². The number of hydrogen-bond acceptors (Lipinski definition) is 5. The van der Waals surface area contributed by atoms with Gasteiger partial charge in [0.05, 0.1) is 12.8 Å². The SMILES string of the molecule is CC(NC(=O)NCC1(C(=O)O)CCCOC1)c1ncc(-c2ccc(F)cc2)o1. The van der Waals surface area contributed by atoms with Crippen LogP contribution in [0.3, 0.4) is 0 Å². The molecular formula is C19H22FN3O5. The summed E-state index contributed by atoms with van der Waals surface area (Å²) in [5.41, 5.74) is -0.449. The van der Waals surface area contributed by atoms with Crippen molar-refractivity contribution in [2.24, 2.45) is 5.41 Å². The van der Waals surface area contributed by atoms with Gasteiger partial charge in [0.25, 0.3) is 0 Å². The van der Waals surface area contributed by atoms with E-state index in [4.69, 9.17) is 9.15 Å². The largest absolute Gasteiger partial charge is 0.481 e. The summed E-state index contributed by atoms with van der Waals surface area (Å²) < 4.78 is 23.9. The summed E-state index contributed by atoms with van der Waals surface area (Å²) in [6.45, 7) is 2.25. The lowest BCUT2D eigenvalue weighted by Crippen LogP contribution is -2.50. The van der Waals surface area contributed by atoms with Gasteiger partial charge in [0.1, 0.15) is 17.3 Å². The Morgan fingerprint density at radius 1 is 1.36 bits per heavy atom. The number of carboxylic acids is 1. The summed E-state index contributed by atoms with van der Waals surface area (Å²) >= 11 is 0. The molecule has 0 aliphatic carbocycles. The molecule has 9 heteroatoms. The van der Waals surface area contributed by atoms with E-state index in [0.717, 1.165) is 0 Å². The molecule has 1 aromatic heterocycles. The van der Waals surface area contributed by atoms with E-state index >= 15 is 0 Å². The average Bonchev–Trinajstić information content (AvgIpc) is 3.18. The molecule has 2 heterocycles. The van der Waals surface area contributed by atoms with Crippen molar-refractivity contribution in [1.82, 2.24) is 15.6 Å². The zero-order chi connectivity index (χ0) is 20.1. The van der Waals surface area contributed by atoms with Gasteiger partial charge in [-0.15, -0.1) is 0 Å². The number of benzene rings is 1. The van der Waals surface area contributed by atoms with Crippen molar-refractivity contribution in [3.63, 3.8) is 0 Å². The first-order chi connectivity index (χ1) is 13.4. The first-order valence-corrected chi connectivity index (χ1v) is 8.97. The second kappa shape index (κ2) is 8.39.